The van der Waals surface area contributed by atoms with Crippen molar-refractivity contribution < 1.29 is 14.3 Å². The number of ether oxygens (including phenoxy) is 1. The Bertz CT molecular complexity index is 1010. The van der Waals surface area contributed by atoms with Gasteiger partial charge in [-0.25, -0.2) is 4.79 Å². The Morgan fingerprint density at radius 2 is 2.06 bits per heavy atom. The Balaban J connectivity index is 1.66. The molecule has 0 bridgehead atoms. The van der Waals surface area contributed by atoms with Crippen LogP contribution in [0.1, 0.15) is 56.6 Å². The molecule has 2 saturated heterocycles. The number of rotatable bonds is 9. The minimum atomic E-state index is -0.387. The highest BCUT2D eigenvalue weighted by molar-refractivity contribution is 6.33. The van der Waals surface area contributed by atoms with Crippen molar-refractivity contribution in [3.8, 4) is 5.75 Å². The van der Waals surface area contributed by atoms with Crippen LogP contribution in [-0.2, 0) is 17.7 Å². The van der Waals surface area contributed by atoms with Gasteiger partial charge in [0.15, 0.2) is 0 Å². The van der Waals surface area contributed by atoms with Gasteiger partial charge in [-0.15, -0.1) is 0 Å². The van der Waals surface area contributed by atoms with Crippen LogP contribution in [0.3, 0.4) is 0 Å². The van der Waals surface area contributed by atoms with Gasteiger partial charge >= 0.3 is 5.63 Å². The first-order valence-corrected chi connectivity index (χ1v) is 12.8. The number of aromatic hydroxyl groups is 1. The Hall–Kier alpha value is -1.60. The maximum absolute atomic E-state index is 12.3. The summed E-state index contributed by atoms with van der Waals surface area (Å²) in [5.74, 6) is 0.595. The predicted octanol–water partition coefficient (Wildman–Crippen LogP) is 4.82. The van der Waals surface area contributed by atoms with Crippen LogP contribution < -0.4 is 5.63 Å². The summed E-state index contributed by atoms with van der Waals surface area (Å²) in [6.07, 6.45) is 8.01. The van der Waals surface area contributed by atoms with Crippen LogP contribution in [0.15, 0.2) is 21.3 Å². The van der Waals surface area contributed by atoms with Crippen LogP contribution in [0.25, 0.3) is 11.0 Å². The molecule has 0 saturated carbocycles. The fraction of sp³-hybridized carbons (Fsp3) is 0.654. The molecule has 0 amide bonds. The Morgan fingerprint density at radius 1 is 1.24 bits per heavy atom. The third-order valence-electron chi connectivity index (χ3n) is 7.38. The van der Waals surface area contributed by atoms with E-state index in [1.165, 1.54) is 45.2 Å². The first-order valence-electron chi connectivity index (χ1n) is 12.4. The summed E-state index contributed by atoms with van der Waals surface area (Å²) in [6.45, 7) is 7.24. The molecule has 2 atom stereocenters. The van der Waals surface area contributed by atoms with Crippen molar-refractivity contribution in [1.82, 2.24) is 9.80 Å². The zero-order chi connectivity index (χ0) is 23.4. The van der Waals surface area contributed by atoms with Crippen LogP contribution in [0.5, 0.6) is 5.75 Å². The van der Waals surface area contributed by atoms with E-state index in [9.17, 15) is 9.90 Å². The van der Waals surface area contributed by atoms with E-state index >= 15 is 0 Å². The highest BCUT2D eigenvalue weighted by Gasteiger charge is 2.34. The standard InChI is InChI=1S/C26H37ClN2O4/c1-3-7-18-14-24(30)33-26-20(18)15-22(27)25(31)21(26)17-28(12-13-32-2)16-19-8-6-11-29-10-5-4-9-23(19)29/h14-15,19,23,31H,3-13,16-17H2,1-2H3. The van der Waals surface area contributed by atoms with E-state index in [2.05, 4.69) is 16.7 Å². The molecule has 2 aliphatic heterocycles. The molecule has 0 spiro atoms. The lowest BCUT2D eigenvalue weighted by Gasteiger charge is -2.45. The number of methoxy groups -OCH3 is 1. The summed E-state index contributed by atoms with van der Waals surface area (Å²) in [5.41, 5.74) is 1.58. The molecule has 7 heteroatoms. The topological polar surface area (TPSA) is 66.2 Å². The van der Waals surface area contributed by atoms with E-state index in [1.807, 2.05) is 0 Å². The Labute approximate surface area is 201 Å². The monoisotopic (exact) mass is 476 g/mol. The molecule has 0 radical (unpaired) electrons. The van der Waals surface area contributed by atoms with E-state index in [4.69, 9.17) is 20.8 Å². The van der Waals surface area contributed by atoms with E-state index in [0.29, 0.717) is 41.3 Å². The molecule has 2 aliphatic rings. The molecular formula is C26H37ClN2O4. The van der Waals surface area contributed by atoms with E-state index in [1.54, 1.807) is 19.2 Å². The van der Waals surface area contributed by atoms with Gasteiger partial charge < -0.3 is 19.2 Å². The summed E-state index contributed by atoms with van der Waals surface area (Å²) >= 11 is 6.46. The first-order chi connectivity index (χ1) is 16.0. The summed E-state index contributed by atoms with van der Waals surface area (Å²) in [4.78, 5) is 17.4. The van der Waals surface area contributed by atoms with Gasteiger partial charge in [0, 0.05) is 44.2 Å². The van der Waals surface area contributed by atoms with Crippen molar-refractivity contribution in [2.75, 3.05) is 39.9 Å². The fourth-order valence-electron chi connectivity index (χ4n) is 5.80. The second-order valence-electron chi connectivity index (χ2n) is 9.63. The molecule has 2 unspecified atom stereocenters. The van der Waals surface area contributed by atoms with Crippen molar-refractivity contribution in [3.63, 3.8) is 0 Å². The summed E-state index contributed by atoms with van der Waals surface area (Å²) < 4.78 is 11.1. The number of piperidine rings is 2. The van der Waals surface area contributed by atoms with Crippen molar-refractivity contribution in [2.45, 2.75) is 64.5 Å². The molecule has 4 rings (SSSR count). The number of nitrogens with zero attached hydrogens (tertiary/aromatic N) is 2. The van der Waals surface area contributed by atoms with Crippen LogP contribution in [0.2, 0.25) is 5.02 Å². The molecule has 1 N–H and O–H groups in total. The Kier molecular flexibility index (Phi) is 8.34. The lowest BCUT2D eigenvalue weighted by Crippen LogP contribution is -2.51. The summed E-state index contributed by atoms with van der Waals surface area (Å²) in [7, 11) is 1.71. The molecule has 1 aromatic carbocycles. The zero-order valence-corrected chi connectivity index (χ0v) is 20.7. The quantitative estimate of drug-likeness (QED) is 0.523. The number of fused-ring (bicyclic) bond motifs is 2. The number of phenolic OH excluding ortho intramolecular Hbond substituents is 1. The average Bonchev–Trinajstić information content (AvgIpc) is 2.81. The van der Waals surface area contributed by atoms with Gasteiger partial charge in [0.25, 0.3) is 0 Å². The smallest absolute Gasteiger partial charge is 0.336 e. The molecule has 2 aromatic rings. The molecule has 2 fully saturated rings. The third kappa shape index (κ3) is 5.56. The highest BCUT2D eigenvalue weighted by atomic mass is 35.5. The molecule has 33 heavy (non-hydrogen) atoms. The average molecular weight is 477 g/mol. The van der Waals surface area contributed by atoms with Crippen molar-refractivity contribution in [3.05, 3.63) is 38.7 Å². The van der Waals surface area contributed by atoms with Crippen molar-refractivity contribution >= 4 is 22.6 Å². The van der Waals surface area contributed by atoms with Crippen LogP contribution in [0.4, 0.5) is 0 Å². The van der Waals surface area contributed by atoms with Gasteiger partial charge in [-0.3, -0.25) is 4.90 Å². The number of hydrogen-bond donors (Lipinski definition) is 1. The molecule has 6 nitrogen and oxygen atoms in total. The first kappa shape index (κ1) is 24.5. The summed E-state index contributed by atoms with van der Waals surface area (Å²) in [6, 6.07) is 3.91. The normalized spacial score (nSPS) is 21.6. The van der Waals surface area contributed by atoms with Crippen LogP contribution in [-0.4, -0.2) is 60.8 Å². The van der Waals surface area contributed by atoms with Gasteiger partial charge in [0.1, 0.15) is 11.3 Å². The zero-order valence-electron chi connectivity index (χ0n) is 19.9. The Morgan fingerprint density at radius 3 is 2.85 bits per heavy atom. The number of phenols is 1. The maximum atomic E-state index is 12.3. The lowest BCUT2D eigenvalue weighted by atomic mass is 9.83. The molecule has 0 aliphatic carbocycles. The molecule has 3 heterocycles. The van der Waals surface area contributed by atoms with Gasteiger partial charge in [-0.2, -0.15) is 0 Å². The van der Waals surface area contributed by atoms with Gasteiger partial charge in [-0.05, 0) is 62.7 Å². The molecular weight excluding hydrogens is 440 g/mol. The number of halogens is 1. The third-order valence-corrected chi connectivity index (χ3v) is 7.66. The molecule has 1 aromatic heterocycles. The van der Waals surface area contributed by atoms with E-state index in [0.717, 1.165) is 36.9 Å². The van der Waals surface area contributed by atoms with Crippen LogP contribution in [0, 0.1) is 5.92 Å². The second-order valence-corrected chi connectivity index (χ2v) is 10.0. The van der Waals surface area contributed by atoms with Gasteiger partial charge in [0.05, 0.1) is 17.2 Å². The number of benzene rings is 1. The largest absolute Gasteiger partial charge is 0.506 e. The van der Waals surface area contributed by atoms with Gasteiger partial charge in [-0.1, -0.05) is 31.4 Å². The maximum Gasteiger partial charge on any atom is 0.336 e. The fourth-order valence-corrected chi connectivity index (χ4v) is 6.03. The van der Waals surface area contributed by atoms with E-state index < -0.39 is 0 Å². The predicted molar refractivity (Wildman–Crippen MR) is 132 cm³/mol. The SMILES string of the molecule is CCCc1cc(=O)oc2c(CN(CCOC)CC3CCCN4CCCCC34)c(O)c(Cl)cc12. The minimum Gasteiger partial charge on any atom is -0.506 e. The van der Waals surface area contributed by atoms with Crippen molar-refractivity contribution in [1.29, 1.82) is 0 Å². The van der Waals surface area contributed by atoms with Crippen LogP contribution >= 0.6 is 11.6 Å². The van der Waals surface area contributed by atoms with E-state index in [-0.39, 0.29) is 11.4 Å². The minimum absolute atomic E-state index is 0.00585. The number of hydrogen-bond acceptors (Lipinski definition) is 6. The van der Waals surface area contributed by atoms with Gasteiger partial charge in [0.2, 0.25) is 0 Å². The lowest BCUT2D eigenvalue weighted by molar-refractivity contribution is 0.0335. The second kappa shape index (κ2) is 11.2. The van der Waals surface area contributed by atoms with Crippen molar-refractivity contribution in [2.24, 2.45) is 5.92 Å². The molecule has 182 valence electrons. The highest BCUT2D eigenvalue weighted by Crippen LogP contribution is 2.37. The number of aryl methyl sites for hydroxylation is 1. The summed E-state index contributed by atoms with van der Waals surface area (Å²) in [5, 5.41) is 12.0.